The zero-order valence-electron chi connectivity index (χ0n) is 14.7. The van der Waals surface area contributed by atoms with Crippen molar-refractivity contribution in [2.24, 2.45) is 12.0 Å². The largest absolute Gasteiger partial charge is 0.486 e. The Hall–Kier alpha value is -3.14. The van der Waals surface area contributed by atoms with E-state index >= 15 is 0 Å². The normalized spacial score (nSPS) is 13.8. The lowest BCUT2D eigenvalue weighted by Gasteiger charge is -2.18. The number of aromatic nitrogens is 3. The average Bonchev–Trinajstić information content (AvgIpc) is 3.24. The van der Waals surface area contributed by atoms with Gasteiger partial charge in [-0.25, -0.2) is 0 Å². The molecule has 1 aliphatic rings. The van der Waals surface area contributed by atoms with Gasteiger partial charge in [-0.1, -0.05) is 11.3 Å². The van der Waals surface area contributed by atoms with E-state index in [4.69, 9.17) is 14.2 Å². The number of methoxy groups -OCH3 is 1. The van der Waals surface area contributed by atoms with Gasteiger partial charge in [-0.15, -0.1) is 0 Å². The van der Waals surface area contributed by atoms with Gasteiger partial charge >= 0.3 is 5.97 Å². The first-order valence-electron chi connectivity index (χ1n) is 8.13. The number of carbonyl (C=O) groups excluding carboxylic acids is 2. The Morgan fingerprint density at radius 1 is 1.30 bits per heavy atom. The average molecular weight is 388 g/mol. The van der Waals surface area contributed by atoms with Crippen LogP contribution in [0.1, 0.15) is 10.5 Å². The van der Waals surface area contributed by atoms with Crippen LogP contribution in [0.4, 0.5) is 0 Å². The standard InChI is InChI=1S/C17H16N4O5S/c1-20-4-3-10(19-20)16(23)18-17-21(9-15(22)24-2)11-7-12-13(8-14(11)27-17)26-6-5-25-12/h3-4,7-8H,5-6,9H2,1-2H3. The predicted octanol–water partition coefficient (Wildman–Crippen LogP) is 1.12. The maximum Gasteiger partial charge on any atom is 0.325 e. The Balaban J connectivity index is 1.87. The number of hydrogen-bond donors (Lipinski definition) is 0. The fourth-order valence-corrected chi connectivity index (χ4v) is 3.75. The smallest absolute Gasteiger partial charge is 0.325 e. The molecule has 1 aliphatic heterocycles. The van der Waals surface area contributed by atoms with Gasteiger partial charge < -0.3 is 18.8 Å². The quantitative estimate of drug-likeness (QED) is 0.624. The maximum atomic E-state index is 12.5. The topological polar surface area (TPSA) is 96.9 Å². The summed E-state index contributed by atoms with van der Waals surface area (Å²) in [6.45, 7) is 0.848. The zero-order valence-corrected chi connectivity index (χ0v) is 15.5. The Morgan fingerprint density at radius 2 is 2.04 bits per heavy atom. The predicted molar refractivity (Wildman–Crippen MR) is 95.9 cm³/mol. The number of amides is 1. The number of esters is 1. The molecule has 0 radical (unpaired) electrons. The summed E-state index contributed by atoms with van der Waals surface area (Å²) in [7, 11) is 3.03. The molecule has 9 nitrogen and oxygen atoms in total. The van der Waals surface area contributed by atoms with Gasteiger partial charge in [-0.05, 0) is 6.07 Å². The number of thiazole rings is 1. The summed E-state index contributed by atoms with van der Waals surface area (Å²) < 4.78 is 20.0. The van der Waals surface area contributed by atoms with E-state index in [0.717, 1.165) is 4.70 Å². The van der Waals surface area contributed by atoms with E-state index in [-0.39, 0.29) is 12.2 Å². The number of aryl methyl sites for hydroxylation is 1. The molecule has 0 bridgehead atoms. The lowest BCUT2D eigenvalue weighted by atomic mass is 10.2. The van der Waals surface area contributed by atoms with E-state index in [2.05, 4.69) is 10.1 Å². The second-order valence-electron chi connectivity index (χ2n) is 5.80. The van der Waals surface area contributed by atoms with Crippen molar-refractivity contribution < 1.29 is 23.8 Å². The van der Waals surface area contributed by atoms with Crippen LogP contribution in [0.2, 0.25) is 0 Å². The molecular formula is C17H16N4O5S. The van der Waals surface area contributed by atoms with E-state index in [9.17, 15) is 9.59 Å². The summed E-state index contributed by atoms with van der Waals surface area (Å²) in [6.07, 6.45) is 1.67. The van der Waals surface area contributed by atoms with Crippen molar-refractivity contribution in [2.75, 3.05) is 20.3 Å². The number of ether oxygens (including phenoxy) is 3. The highest BCUT2D eigenvalue weighted by Crippen LogP contribution is 2.35. The second kappa shape index (κ2) is 6.88. The van der Waals surface area contributed by atoms with Crippen LogP contribution >= 0.6 is 11.3 Å². The lowest BCUT2D eigenvalue weighted by Crippen LogP contribution is -2.22. The van der Waals surface area contributed by atoms with Gasteiger partial charge in [-0.3, -0.25) is 14.3 Å². The lowest BCUT2D eigenvalue weighted by molar-refractivity contribution is -0.141. The van der Waals surface area contributed by atoms with E-state index in [0.29, 0.717) is 35.0 Å². The second-order valence-corrected chi connectivity index (χ2v) is 6.81. The van der Waals surface area contributed by atoms with Crippen LogP contribution in [-0.2, 0) is 23.1 Å². The molecule has 3 aromatic rings. The van der Waals surface area contributed by atoms with Crippen molar-refractivity contribution in [2.45, 2.75) is 6.54 Å². The highest BCUT2D eigenvalue weighted by molar-refractivity contribution is 7.16. The van der Waals surface area contributed by atoms with Crippen molar-refractivity contribution in [3.63, 3.8) is 0 Å². The first-order valence-corrected chi connectivity index (χ1v) is 8.95. The summed E-state index contributed by atoms with van der Waals surface area (Å²) in [6, 6.07) is 5.20. The van der Waals surface area contributed by atoms with Gasteiger partial charge in [0.1, 0.15) is 19.8 Å². The molecule has 140 valence electrons. The molecular weight excluding hydrogens is 372 g/mol. The molecule has 1 aromatic carbocycles. The first kappa shape index (κ1) is 17.3. The molecule has 0 atom stereocenters. The highest BCUT2D eigenvalue weighted by Gasteiger charge is 2.18. The van der Waals surface area contributed by atoms with Gasteiger partial charge in [0, 0.05) is 25.4 Å². The molecule has 27 heavy (non-hydrogen) atoms. The number of nitrogens with zero attached hydrogens (tertiary/aromatic N) is 4. The molecule has 0 fully saturated rings. The molecule has 0 spiro atoms. The maximum absolute atomic E-state index is 12.5. The van der Waals surface area contributed by atoms with Crippen molar-refractivity contribution in [3.8, 4) is 11.5 Å². The van der Waals surface area contributed by atoms with Crippen LogP contribution in [0.3, 0.4) is 0 Å². The monoisotopic (exact) mass is 388 g/mol. The molecule has 0 unspecified atom stereocenters. The Kier molecular flexibility index (Phi) is 4.40. The minimum absolute atomic E-state index is 0.0789. The minimum atomic E-state index is -0.488. The van der Waals surface area contributed by atoms with Gasteiger partial charge in [-0.2, -0.15) is 10.1 Å². The number of fused-ring (bicyclic) bond motifs is 2. The van der Waals surface area contributed by atoms with E-state index in [1.165, 1.54) is 23.1 Å². The third-order valence-corrected chi connectivity index (χ3v) is 5.03. The summed E-state index contributed by atoms with van der Waals surface area (Å²) in [5.74, 6) is 0.282. The van der Waals surface area contributed by atoms with Crippen molar-refractivity contribution >= 4 is 33.4 Å². The van der Waals surface area contributed by atoms with Crippen molar-refractivity contribution in [1.82, 2.24) is 14.3 Å². The van der Waals surface area contributed by atoms with E-state index in [1.54, 1.807) is 29.9 Å². The number of carbonyl (C=O) groups is 2. The molecule has 10 heteroatoms. The molecule has 0 aliphatic carbocycles. The van der Waals surface area contributed by atoms with Gasteiger partial charge in [0.25, 0.3) is 5.91 Å². The third kappa shape index (κ3) is 3.31. The summed E-state index contributed by atoms with van der Waals surface area (Å²) in [4.78, 5) is 28.9. The van der Waals surface area contributed by atoms with Crippen LogP contribution in [0.5, 0.6) is 11.5 Å². The van der Waals surface area contributed by atoms with Crippen molar-refractivity contribution in [3.05, 3.63) is 34.9 Å². The number of rotatable bonds is 3. The van der Waals surface area contributed by atoms with Gasteiger partial charge in [0.05, 0.1) is 17.3 Å². The van der Waals surface area contributed by atoms with Crippen LogP contribution in [0, 0.1) is 0 Å². The van der Waals surface area contributed by atoms with Crippen LogP contribution in [-0.4, -0.2) is 46.5 Å². The number of hydrogen-bond acceptors (Lipinski definition) is 7. The summed E-state index contributed by atoms with van der Waals surface area (Å²) >= 11 is 1.28. The fraction of sp³-hybridized carbons (Fsp3) is 0.294. The van der Waals surface area contributed by atoms with E-state index in [1.807, 2.05) is 6.07 Å². The Labute approximate surface area is 157 Å². The van der Waals surface area contributed by atoms with Gasteiger partial charge in [0.15, 0.2) is 22.0 Å². The van der Waals surface area contributed by atoms with Crippen LogP contribution in [0.15, 0.2) is 29.4 Å². The first-order chi connectivity index (χ1) is 13.0. The molecule has 0 saturated heterocycles. The summed E-state index contributed by atoms with van der Waals surface area (Å²) in [5.41, 5.74) is 0.938. The summed E-state index contributed by atoms with van der Waals surface area (Å²) in [5, 5.41) is 4.07. The Bertz CT molecular complexity index is 1110. The van der Waals surface area contributed by atoms with Crippen LogP contribution in [0.25, 0.3) is 10.2 Å². The third-order valence-electron chi connectivity index (χ3n) is 3.99. The molecule has 1 amide bonds. The van der Waals surface area contributed by atoms with E-state index < -0.39 is 11.9 Å². The molecule has 0 N–H and O–H groups in total. The fourth-order valence-electron chi connectivity index (χ4n) is 2.71. The highest BCUT2D eigenvalue weighted by atomic mass is 32.1. The molecule has 3 heterocycles. The molecule has 0 saturated carbocycles. The van der Waals surface area contributed by atoms with Gasteiger partial charge in [0.2, 0.25) is 0 Å². The number of benzene rings is 1. The SMILES string of the molecule is COC(=O)Cn1c(=NC(=O)c2ccn(C)n2)sc2cc3c(cc21)OCCO3. The van der Waals surface area contributed by atoms with Crippen molar-refractivity contribution in [1.29, 1.82) is 0 Å². The molecule has 2 aromatic heterocycles. The Morgan fingerprint density at radius 3 is 2.70 bits per heavy atom. The molecule has 4 rings (SSSR count). The zero-order chi connectivity index (χ0) is 19.0. The van der Waals surface area contributed by atoms with Crippen LogP contribution < -0.4 is 14.3 Å². The minimum Gasteiger partial charge on any atom is -0.486 e.